The second-order valence-corrected chi connectivity index (χ2v) is 8.85. The lowest BCUT2D eigenvalue weighted by Gasteiger charge is -2.26. The topological polar surface area (TPSA) is 88.5 Å². The fraction of sp³-hybridized carbons (Fsp3) is 0.207. The van der Waals surface area contributed by atoms with Crippen molar-refractivity contribution in [2.75, 3.05) is 24.3 Å². The van der Waals surface area contributed by atoms with E-state index in [1.165, 1.54) is 4.90 Å². The molecule has 2 N–H and O–H groups in total. The number of aryl methyl sites for hydroxylation is 1. The Bertz CT molecular complexity index is 1350. The number of amides is 3. The number of nitrogens with one attached hydrogen (secondary N) is 2. The van der Waals surface area contributed by atoms with Gasteiger partial charge in [-0.2, -0.15) is 5.10 Å². The molecule has 0 bridgehead atoms. The molecule has 0 fully saturated rings. The van der Waals surface area contributed by atoms with Gasteiger partial charge >= 0.3 is 6.03 Å². The fourth-order valence-electron chi connectivity index (χ4n) is 4.04. The van der Waals surface area contributed by atoms with Crippen molar-refractivity contribution >= 4 is 23.4 Å². The summed E-state index contributed by atoms with van der Waals surface area (Å²) in [5.41, 5.74) is 3.94. The number of methoxy groups -OCH3 is 1. The lowest BCUT2D eigenvalue weighted by Crippen LogP contribution is -2.44. The number of ether oxygens (including phenoxy) is 1. The van der Waals surface area contributed by atoms with Crippen molar-refractivity contribution in [2.45, 2.75) is 26.8 Å². The van der Waals surface area contributed by atoms with Crippen LogP contribution in [0.3, 0.4) is 0 Å². The predicted octanol–water partition coefficient (Wildman–Crippen LogP) is 5.74. The highest BCUT2D eigenvalue weighted by atomic mass is 16.5. The molecule has 1 aromatic heterocycles. The molecule has 1 heterocycles. The molecule has 0 radical (unpaired) electrons. The quantitative estimate of drug-likeness (QED) is 0.325. The predicted molar refractivity (Wildman–Crippen MR) is 146 cm³/mol. The van der Waals surface area contributed by atoms with Crippen LogP contribution in [0.25, 0.3) is 16.8 Å². The van der Waals surface area contributed by atoms with E-state index in [2.05, 4.69) is 10.6 Å². The first-order valence-corrected chi connectivity index (χ1v) is 12.1. The highest BCUT2D eigenvalue weighted by Gasteiger charge is 2.24. The van der Waals surface area contributed by atoms with Gasteiger partial charge in [0.1, 0.15) is 18.1 Å². The summed E-state index contributed by atoms with van der Waals surface area (Å²) in [6.07, 6.45) is 0. The molecule has 190 valence electrons. The van der Waals surface area contributed by atoms with E-state index >= 15 is 0 Å². The lowest BCUT2D eigenvalue weighted by molar-refractivity contribution is -0.117. The molecule has 0 saturated carbocycles. The lowest BCUT2D eigenvalue weighted by atomic mass is 10.1. The minimum Gasteiger partial charge on any atom is -0.497 e. The minimum atomic E-state index is -0.348. The number of hydrogen-bond donors (Lipinski definition) is 2. The van der Waals surface area contributed by atoms with Crippen LogP contribution >= 0.6 is 0 Å². The molecule has 4 rings (SSSR count). The van der Waals surface area contributed by atoms with Gasteiger partial charge in [0, 0.05) is 17.3 Å². The SMILES string of the molecule is COc1ccc(-n2nc(C)c(-c3ccccc3)c2NC(=O)CN(C(=O)Nc2ccccc2)C(C)C)cc1. The second kappa shape index (κ2) is 11.4. The standard InChI is InChI=1S/C29H31N5O3/c1-20(2)33(29(36)30-23-13-9-6-10-14-23)19-26(35)31-28-27(22-11-7-5-8-12-22)21(3)32-34(28)24-15-17-25(37-4)18-16-24/h5-18,20H,19H2,1-4H3,(H,30,36)(H,31,35). The number of rotatable bonds is 8. The molecule has 0 atom stereocenters. The zero-order chi connectivity index (χ0) is 26.4. The van der Waals surface area contributed by atoms with Gasteiger partial charge in [-0.25, -0.2) is 9.48 Å². The van der Waals surface area contributed by atoms with Crippen LogP contribution in [0.15, 0.2) is 84.9 Å². The van der Waals surface area contributed by atoms with Crippen LogP contribution in [0.1, 0.15) is 19.5 Å². The number of urea groups is 1. The molecule has 8 nitrogen and oxygen atoms in total. The Morgan fingerprint density at radius 3 is 2.14 bits per heavy atom. The van der Waals surface area contributed by atoms with Gasteiger partial charge < -0.3 is 20.3 Å². The van der Waals surface area contributed by atoms with E-state index in [0.717, 1.165) is 28.3 Å². The molecule has 0 aliphatic rings. The van der Waals surface area contributed by atoms with Gasteiger partial charge in [0.15, 0.2) is 0 Å². The fourth-order valence-corrected chi connectivity index (χ4v) is 4.04. The smallest absolute Gasteiger partial charge is 0.322 e. The van der Waals surface area contributed by atoms with Gasteiger partial charge in [-0.3, -0.25) is 4.79 Å². The van der Waals surface area contributed by atoms with Crippen LogP contribution in [0.5, 0.6) is 5.75 Å². The van der Waals surface area contributed by atoms with Gasteiger partial charge in [-0.15, -0.1) is 0 Å². The Kier molecular flexibility index (Phi) is 7.88. The Morgan fingerprint density at radius 2 is 1.54 bits per heavy atom. The first-order chi connectivity index (χ1) is 17.9. The van der Waals surface area contributed by atoms with Crippen LogP contribution in [-0.2, 0) is 4.79 Å². The highest BCUT2D eigenvalue weighted by Crippen LogP contribution is 2.33. The maximum absolute atomic E-state index is 13.4. The van der Waals surface area contributed by atoms with Crippen LogP contribution < -0.4 is 15.4 Å². The number of anilines is 2. The summed E-state index contributed by atoms with van der Waals surface area (Å²) in [6.45, 7) is 5.53. The largest absolute Gasteiger partial charge is 0.497 e. The van der Waals surface area contributed by atoms with Crippen molar-refractivity contribution in [3.63, 3.8) is 0 Å². The molecular formula is C29H31N5O3. The van der Waals surface area contributed by atoms with Gasteiger partial charge in [0.2, 0.25) is 5.91 Å². The van der Waals surface area contributed by atoms with E-state index in [4.69, 9.17) is 9.84 Å². The van der Waals surface area contributed by atoms with Crippen molar-refractivity contribution in [3.8, 4) is 22.6 Å². The van der Waals surface area contributed by atoms with Gasteiger partial charge in [0.25, 0.3) is 0 Å². The molecule has 0 spiro atoms. The van der Waals surface area contributed by atoms with E-state index in [9.17, 15) is 9.59 Å². The monoisotopic (exact) mass is 497 g/mol. The van der Waals surface area contributed by atoms with Crippen molar-refractivity contribution in [2.24, 2.45) is 0 Å². The number of hydrogen-bond acceptors (Lipinski definition) is 4. The zero-order valence-electron chi connectivity index (χ0n) is 21.4. The van der Waals surface area contributed by atoms with E-state index in [-0.39, 0.29) is 24.5 Å². The number of carbonyl (C=O) groups excluding carboxylic acids is 2. The molecule has 4 aromatic rings. The third-order valence-electron chi connectivity index (χ3n) is 5.92. The van der Waals surface area contributed by atoms with E-state index < -0.39 is 0 Å². The molecule has 0 aliphatic heterocycles. The summed E-state index contributed by atoms with van der Waals surface area (Å²) in [5.74, 6) is 0.924. The van der Waals surface area contributed by atoms with Crippen LogP contribution in [0, 0.1) is 6.92 Å². The first-order valence-electron chi connectivity index (χ1n) is 12.1. The number of aromatic nitrogens is 2. The molecule has 0 aliphatic carbocycles. The Balaban J connectivity index is 1.64. The molecule has 0 unspecified atom stereocenters. The van der Waals surface area contributed by atoms with Gasteiger partial charge in [-0.1, -0.05) is 48.5 Å². The average molecular weight is 498 g/mol. The van der Waals surface area contributed by atoms with E-state index in [1.807, 2.05) is 93.6 Å². The van der Waals surface area contributed by atoms with Gasteiger partial charge in [0.05, 0.1) is 18.5 Å². The van der Waals surface area contributed by atoms with Crippen LogP contribution in [0.2, 0.25) is 0 Å². The summed E-state index contributed by atoms with van der Waals surface area (Å²) in [6, 6.07) is 25.9. The zero-order valence-corrected chi connectivity index (χ0v) is 21.4. The number of para-hydroxylation sites is 1. The Labute approximate surface area is 216 Å². The number of carbonyl (C=O) groups is 2. The summed E-state index contributed by atoms with van der Waals surface area (Å²) < 4.78 is 6.99. The summed E-state index contributed by atoms with van der Waals surface area (Å²) in [4.78, 5) is 27.8. The minimum absolute atomic E-state index is 0.128. The third-order valence-corrected chi connectivity index (χ3v) is 5.92. The molecule has 0 saturated heterocycles. The number of nitrogens with zero attached hydrogens (tertiary/aromatic N) is 3. The maximum atomic E-state index is 13.4. The molecule has 8 heteroatoms. The second-order valence-electron chi connectivity index (χ2n) is 8.85. The van der Waals surface area contributed by atoms with Crippen LogP contribution in [0.4, 0.5) is 16.3 Å². The summed E-state index contributed by atoms with van der Waals surface area (Å²) >= 11 is 0. The molecule has 3 aromatic carbocycles. The number of benzene rings is 3. The highest BCUT2D eigenvalue weighted by molar-refractivity contribution is 5.99. The van der Waals surface area contributed by atoms with E-state index in [1.54, 1.807) is 23.9 Å². The van der Waals surface area contributed by atoms with Crippen LogP contribution in [-0.4, -0.2) is 46.3 Å². The average Bonchev–Trinajstić information content (AvgIpc) is 3.23. The first kappa shape index (κ1) is 25.5. The molecule has 37 heavy (non-hydrogen) atoms. The summed E-state index contributed by atoms with van der Waals surface area (Å²) in [5, 5.41) is 10.6. The van der Waals surface area contributed by atoms with Gasteiger partial charge in [-0.05, 0) is 62.7 Å². The van der Waals surface area contributed by atoms with Crippen molar-refractivity contribution < 1.29 is 14.3 Å². The van der Waals surface area contributed by atoms with Crippen molar-refractivity contribution in [1.29, 1.82) is 0 Å². The Hall–Kier alpha value is -4.59. The molecule has 3 amide bonds. The maximum Gasteiger partial charge on any atom is 0.322 e. The van der Waals surface area contributed by atoms with Crippen molar-refractivity contribution in [3.05, 3.63) is 90.6 Å². The summed E-state index contributed by atoms with van der Waals surface area (Å²) in [7, 11) is 1.61. The Morgan fingerprint density at radius 1 is 0.919 bits per heavy atom. The van der Waals surface area contributed by atoms with Crippen molar-refractivity contribution in [1.82, 2.24) is 14.7 Å². The third kappa shape index (κ3) is 5.98. The molecular weight excluding hydrogens is 466 g/mol. The normalized spacial score (nSPS) is 10.7. The van der Waals surface area contributed by atoms with E-state index in [0.29, 0.717) is 11.5 Å².